The van der Waals surface area contributed by atoms with E-state index in [0.29, 0.717) is 0 Å². The van der Waals surface area contributed by atoms with Crippen LogP contribution in [-0.2, 0) is 5.41 Å². The summed E-state index contributed by atoms with van der Waals surface area (Å²) in [5.41, 5.74) is 2.07. The van der Waals surface area contributed by atoms with Gasteiger partial charge in [0.15, 0.2) is 0 Å². The lowest BCUT2D eigenvalue weighted by molar-refractivity contribution is 0.367. The van der Waals surface area contributed by atoms with Gasteiger partial charge in [0.1, 0.15) is 0 Å². The Bertz CT molecular complexity index is 654. The molecule has 0 aliphatic carbocycles. The molecular weight excluding hydrogens is 280 g/mol. The van der Waals surface area contributed by atoms with Crippen LogP contribution in [0.3, 0.4) is 0 Å². The first-order valence-corrected chi connectivity index (χ1v) is 8.76. The maximum absolute atomic E-state index is 8.73. The van der Waals surface area contributed by atoms with Crippen LogP contribution in [-0.4, -0.2) is 31.3 Å². The van der Waals surface area contributed by atoms with E-state index in [4.69, 9.17) is 5.41 Å². The van der Waals surface area contributed by atoms with Crippen molar-refractivity contribution in [3.05, 3.63) is 48.0 Å². The number of benzene rings is 2. The Kier molecular flexibility index (Phi) is 5.95. The molecule has 2 heteroatoms. The van der Waals surface area contributed by atoms with Crippen LogP contribution in [0.4, 0.5) is 0 Å². The van der Waals surface area contributed by atoms with Gasteiger partial charge in [-0.25, -0.2) is 0 Å². The quantitative estimate of drug-likeness (QED) is 0.662. The second-order valence-corrected chi connectivity index (χ2v) is 6.70. The Morgan fingerprint density at radius 1 is 1.04 bits per heavy atom. The van der Waals surface area contributed by atoms with Crippen molar-refractivity contribution in [3.8, 4) is 0 Å². The van der Waals surface area contributed by atoms with E-state index in [1.165, 1.54) is 16.3 Å². The predicted octanol–water partition coefficient (Wildman–Crippen LogP) is 5.26. The smallest absolute Gasteiger partial charge is 0.0333 e. The van der Waals surface area contributed by atoms with Crippen molar-refractivity contribution < 1.29 is 0 Å². The lowest BCUT2D eigenvalue weighted by Crippen LogP contribution is -2.35. The van der Waals surface area contributed by atoms with Crippen molar-refractivity contribution in [2.75, 3.05) is 20.6 Å². The molecule has 0 aliphatic heterocycles. The fraction of sp³-hybridized carbons (Fsp3) is 0.476. The van der Waals surface area contributed by atoms with Crippen LogP contribution in [0, 0.1) is 5.41 Å². The molecule has 0 radical (unpaired) electrons. The van der Waals surface area contributed by atoms with E-state index >= 15 is 0 Å². The SMILES string of the molecule is CCC(=N)C(CC)(CCCN(C)C)c1cccc2ccccc12. The van der Waals surface area contributed by atoms with E-state index < -0.39 is 0 Å². The Morgan fingerprint density at radius 2 is 1.74 bits per heavy atom. The second kappa shape index (κ2) is 7.74. The van der Waals surface area contributed by atoms with Crippen LogP contribution in [0.2, 0.25) is 0 Å². The topological polar surface area (TPSA) is 27.1 Å². The van der Waals surface area contributed by atoms with Crippen molar-refractivity contribution >= 4 is 16.5 Å². The molecule has 23 heavy (non-hydrogen) atoms. The summed E-state index contributed by atoms with van der Waals surface area (Å²) >= 11 is 0. The zero-order valence-corrected chi connectivity index (χ0v) is 15.0. The van der Waals surface area contributed by atoms with Gasteiger partial charge in [0.2, 0.25) is 0 Å². The normalized spacial score (nSPS) is 14.1. The minimum Gasteiger partial charge on any atom is -0.309 e. The molecule has 2 rings (SSSR count). The van der Waals surface area contributed by atoms with Crippen LogP contribution in [0.15, 0.2) is 42.5 Å². The molecule has 0 aliphatic rings. The zero-order valence-electron chi connectivity index (χ0n) is 15.0. The fourth-order valence-electron chi connectivity index (χ4n) is 3.71. The number of hydrogen-bond donors (Lipinski definition) is 1. The van der Waals surface area contributed by atoms with Gasteiger partial charge in [-0.15, -0.1) is 0 Å². The van der Waals surface area contributed by atoms with Crippen LogP contribution < -0.4 is 0 Å². The Morgan fingerprint density at radius 3 is 2.39 bits per heavy atom. The summed E-state index contributed by atoms with van der Waals surface area (Å²) in [5.74, 6) is 0. The van der Waals surface area contributed by atoms with Gasteiger partial charge in [0.25, 0.3) is 0 Å². The van der Waals surface area contributed by atoms with Crippen molar-refractivity contribution in [2.45, 2.75) is 44.9 Å². The summed E-state index contributed by atoms with van der Waals surface area (Å²) in [4.78, 5) is 2.24. The summed E-state index contributed by atoms with van der Waals surface area (Å²) < 4.78 is 0. The molecule has 0 spiro atoms. The standard InChI is InChI=1S/C21H30N2/c1-5-20(22)21(6-2,15-10-16-23(3)4)19-14-9-12-17-11-7-8-13-18(17)19/h7-9,11-14,22H,5-6,10,15-16H2,1-4H3. The third-order valence-corrected chi connectivity index (χ3v) is 5.05. The summed E-state index contributed by atoms with van der Waals surface area (Å²) in [6, 6.07) is 15.2. The molecule has 0 aromatic heterocycles. The number of hydrogen-bond acceptors (Lipinski definition) is 2. The first-order chi connectivity index (χ1) is 11.0. The van der Waals surface area contributed by atoms with Crippen molar-refractivity contribution in [2.24, 2.45) is 0 Å². The van der Waals surface area contributed by atoms with Crippen molar-refractivity contribution in [3.63, 3.8) is 0 Å². The largest absolute Gasteiger partial charge is 0.309 e. The molecule has 0 heterocycles. The summed E-state index contributed by atoms with van der Waals surface area (Å²) in [7, 11) is 4.24. The van der Waals surface area contributed by atoms with Crippen molar-refractivity contribution in [1.29, 1.82) is 5.41 Å². The molecule has 0 amide bonds. The van der Waals surface area contributed by atoms with E-state index in [1.807, 2.05) is 0 Å². The van der Waals surface area contributed by atoms with Gasteiger partial charge in [-0.1, -0.05) is 56.3 Å². The summed E-state index contributed by atoms with van der Waals surface area (Å²) in [6.07, 6.45) is 3.97. The Hall–Kier alpha value is -1.67. The summed E-state index contributed by atoms with van der Waals surface area (Å²) in [5, 5.41) is 11.3. The lowest BCUT2D eigenvalue weighted by atomic mass is 9.68. The average molecular weight is 310 g/mol. The van der Waals surface area contributed by atoms with Gasteiger partial charge in [-0.05, 0) is 62.7 Å². The number of rotatable bonds is 8. The van der Waals surface area contributed by atoms with Gasteiger partial charge >= 0.3 is 0 Å². The minimum absolute atomic E-state index is 0.133. The van der Waals surface area contributed by atoms with E-state index in [-0.39, 0.29) is 5.41 Å². The average Bonchev–Trinajstić information content (AvgIpc) is 2.57. The van der Waals surface area contributed by atoms with Crippen LogP contribution in [0.25, 0.3) is 10.8 Å². The van der Waals surface area contributed by atoms with Crippen molar-refractivity contribution in [1.82, 2.24) is 4.90 Å². The first-order valence-electron chi connectivity index (χ1n) is 8.76. The highest BCUT2D eigenvalue weighted by atomic mass is 15.0. The van der Waals surface area contributed by atoms with Crippen LogP contribution in [0.1, 0.15) is 45.1 Å². The molecule has 0 saturated carbocycles. The molecule has 124 valence electrons. The van der Waals surface area contributed by atoms with Crippen LogP contribution >= 0.6 is 0 Å². The number of fused-ring (bicyclic) bond motifs is 1. The third-order valence-electron chi connectivity index (χ3n) is 5.05. The van der Waals surface area contributed by atoms with E-state index in [0.717, 1.165) is 37.9 Å². The van der Waals surface area contributed by atoms with E-state index in [2.05, 4.69) is 75.3 Å². The molecule has 0 fully saturated rings. The van der Waals surface area contributed by atoms with E-state index in [1.54, 1.807) is 0 Å². The highest BCUT2D eigenvalue weighted by Gasteiger charge is 2.34. The molecular formula is C21H30N2. The minimum atomic E-state index is -0.133. The molecule has 1 N–H and O–H groups in total. The third kappa shape index (κ3) is 3.64. The molecule has 2 nitrogen and oxygen atoms in total. The lowest BCUT2D eigenvalue weighted by Gasteiger charge is -2.35. The van der Waals surface area contributed by atoms with Gasteiger partial charge in [0.05, 0.1) is 0 Å². The molecule has 2 aromatic rings. The maximum Gasteiger partial charge on any atom is 0.0333 e. The van der Waals surface area contributed by atoms with Gasteiger partial charge in [0, 0.05) is 11.1 Å². The zero-order chi connectivity index (χ0) is 16.9. The second-order valence-electron chi connectivity index (χ2n) is 6.70. The van der Waals surface area contributed by atoms with Crippen LogP contribution in [0.5, 0.6) is 0 Å². The fourth-order valence-corrected chi connectivity index (χ4v) is 3.71. The van der Waals surface area contributed by atoms with Gasteiger partial charge < -0.3 is 10.3 Å². The molecule has 0 bridgehead atoms. The molecule has 0 saturated heterocycles. The molecule has 1 atom stereocenters. The Balaban J connectivity index is 2.52. The molecule has 2 aromatic carbocycles. The van der Waals surface area contributed by atoms with Gasteiger partial charge in [-0.2, -0.15) is 0 Å². The predicted molar refractivity (Wildman–Crippen MR) is 102 cm³/mol. The number of nitrogens with one attached hydrogen (secondary N) is 1. The van der Waals surface area contributed by atoms with Gasteiger partial charge in [-0.3, -0.25) is 0 Å². The monoisotopic (exact) mass is 310 g/mol. The van der Waals surface area contributed by atoms with E-state index in [9.17, 15) is 0 Å². The number of nitrogens with zero attached hydrogens (tertiary/aromatic N) is 1. The first kappa shape index (κ1) is 17.7. The maximum atomic E-state index is 8.73. The highest BCUT2D eigenvalue weighted by molar-refractivity contribution is 5.98. The highest BCUT2D eigenvalue weighted by Crippen LogP contribution is 2.39. The Labute approximate surface area is 141 Å². The summed E-state index contributed by atoms with van der Waals surface area (Å²) in [6.45, 7) is 5.43. The molecule has 1 unspecified atom stereocenters.